The highest BCUT2D eigenvalue weighted by Gasteiger charge is 2.27. The van der Waals surface area contributed by atoms with Crippen molar-refractivity contribution in [3.63, 3.8) is 0 Å². The maximum absolute atomic E-state index is 12.9. The number of anilines is 1. The number of amides is 1. The van der Waals surface area contributed by atoms with Crippen LogP contribution in [0.5, 0.6) is 17.2 Å². The lowest BCUT2D eigenvalue weighted by atomic mass is 10.0. The summed E-state index contributed by atoms with van der Waals surface area (Å²) in [6, 6.07) is 22.0. The van der Waals surface area contributed by atoms with E-state index in [0.717, 1.165) is 54.6 Å². The zero-order valence-corrected chi connectivity index (χ0v) is 20.2. The summed E-state index contributed by atoms with van der Waals surface area (Å²) in [5.74, 6) is 2.32. The molecule has 0 radical (unpaired) electrons. The first-order chi connectivity index (χ1) is 17.1. The van der Waals surface area contributed by atoms with Crippen molar-refractivity contribution in [2.75, 3.05) is 51.5 Å². The molecule has 182 valence electrons. The number of ether oxygens (including phenoxy) is 3. The Balaban J connectivity index is 1.31. The molecule has 1 unspecified atom stereocenters. The average molecular weight is 474 g/mol. The number of nitrogens with one attached hydrogen (secondary N) is 1. The third-order valence-corrected chi connectivity index (χ3v) is 6.71. The lowest BCUT2D eigenvalue weighted by Crippen LogP contribution is -2.50. The fraction of sp³-hybridized carbons (Fsp3) is 0.321. The van der Waals surface area contributed by atoms with Gasteiger partial charge in [0.25, 0.3) is 5.91 Å². The number of hydrogen-bond acceptors (Lipinski definition) is 6. The predicted octanol–water partition coefficient (Wildman–Crippen LogP) is 4.03. The van der Waals surface area contributed by atoms with Gasteiger partial charge in [0.15, 0.2) is 11.5 Å². The topological polar surface area (TPSA) is 63.3 Å². The summed E-state index contributed by atoms with van der Waals surface area (Å²) in [5.41, 5.74) is 4.05. The molecule has 2 aliphatic heterocycles. The molecule has 7 heteroatoms. The van der Waals surface area contributed by atoms with E-state index in [1.165, 1.54) is 5.69 Å². The number of methoxy groups -OCH3 is 1. The number of piperazine rings is 1. The molecular formula is C28H31N3O4. The third kappa shape index (κ3) is 5.20. The summed E-state index contributed by atoms with van der Waals surface area (Å²) in [6.45, 7) is 6.31. The largest absolute Gasteiger partial charge is 0.497 e. The van der Waals surface area contributed by atoms with Crippen LogP contribution in [-0.2, 0) is 0 Å². The lowest BCUT2D eigenvalue weighted by Gasteiger charge is -2.40. The first-order valence-electron chi connectivity index (χ1n) is 12.0. The monoisotopic (exact) mass is 473 g/mol. The zero-order chi connectivity index (χ0) is 24.2. The van der Waals surface area contributed by atoms with Crippen LogP contribution in [0.25, 0.3) is 0 Å². The summed E-state index contributed by atoms with van der Waals surface area (Å²) in [4.78, 5) is 17.7. The molecule has 1 atom stereocenters. The second-order valence-corrected chi connectivity index (χ2v) is 8.93. The molecule has 1 amide bonds. The Bertz CT molecular complexity index is 1170. The molecule has 3 aromatic carbocycles. The Hall–Kier alpha value is -3.71. The van der Waals surface area contributed by atoms with Gasteiger partial charge in [-0.25, -0.2) is 0 Å². The van der Waals surface area contributed by atoms with E-state index in [1.807, 2.05) is 55.5 Å². The zero-order valence-electron chi connectivity index (χ0n) is 20.2. The maximum Gasteiger partial charge on any atom is 0.251 e. The van der Waals surface area contributed by atoms with E-state index < -0.39 is 0 Å². The molecular weight excluding hydrogens is 442 g/mol. The van der Waals surface area contributed by atoms with E-state index in [2.05, 4.69) is 33.3 Å². The minimum absolute atomic E-state index is 0.0243. The average Bonchev–Trinajstić information content (AvgIpc) is 3.37. The van der Waals surface area contributed by atoms with Gasteiger partial charge in [0, 0.05) is 44.0 Å². The number of benzene rings is 3. The molecule has 0 aliphatic carbocycles. The molecule has 0 bridgehead atoms. The molecule has 0 aromatic heterocycles. The standard InChI is InChI=1S/C28H31N3O4/c1-20-4-3-5-22(16-20)28(32)29-18-25(21-6-11-26-27(17-21)35-19-34-26)31-14-12-30(13-15-31)23-7-9-24(33-2)10-8-23/h3-11,16-17,25H,12-15,18-19H2,1-2H3,(H,29,32). The van der Waals surface area contributed by atoms with Gasteiger partial charge in [0.05, 0.1) is 13.2 Å². The van der Waals surface area contributed by atoms with Gasteiger partial charge in [-0.3, -0.25) is 9.69 Å². The maximum atomic E-state index is 12.9. The van der Waals surface area contributed by atoms with Gasteiger partial charge in [0.1, 0.15) is 5.75 Å². The molecule has 0 spiro atoms. The Morgan fingerprint density at radius 3 is 2.49 bits per heavy atom. The molecule has 1 fully saturated rings. The van der Waals surface area contributed by atoms with E-state index in [-0.39, 0.29) is 18.7 Å². The van der Waals surface area contributed by atoms with Crippen molar-refractivity contribution in [1.29, 1.82) is 0 Å². The Labute approximate surface area is 206 Å². The number of hydrogen-bond donors (Lipinski definition) is 1. The molecule has 1 N–H and O–H groups in total. The second-order valence-electron chi connectivity index (χ2n) is 8.93. The van der Waals surface area contributed by atoms with Crippen molar-refractivity contribution in [1.82, 2.24) is 10.2 Å². The quantitative estimate of drug-likeness (QED) is 0.559. The third-order valence-electron chi connectivity index (χ3n) is 6.71. The van der Waals surface area contributed by atoms with Crippen molar-refractivity contribution in [2.24, 2.45) is 0 Å². The summed E-state index contributed by atoms with van der Waals surface area (Å²) in [5, 5.41) is 3.17. The van der Waals surface area contributed by atoms with Crippen molar-refractivity contribution < 1.29 is 19.0 Å². The molecule has 3 aromatic rings. The van der Waals surface area contributed by atoms with Gasteiger partial charge in [-0.1, -0.05) is 23.8 Å². The van der Waals surface area contributed by atoms with Crippen LogP contribution in [0.2, 0.25) is 0 Å². The highest BCUT2D eigenvalue weighted by Crippen LogP contribution is 2.36. The summed E-state index contributed by atoms with van der Waals surface area (Å²) < 4.78 is 16.4. The van der Waals surface area contributed by atoms with E-state index in [0.29, 0.717) is 12.1 Å². The SMILES string of the molecule is COc1ccc(N2CCN(C(CNC(=O)c3cccc(C)c3)c3ccc4c(c3)OCO4)CC2)cc1. The van der Waals surface area contributed by atoms with Gasteiger partial charge in [-0.05, 0) is 61.0 Å². The Kier molecular flexibility index (Phi) is 6.77. The number of aryl methyl sites for hydroxylation is 1. The summed E-state index contributed by atoms with van der Waals surface area (Å²) >= 11 is 0. The van der Waals surface area contributed by atoms with E-state index in [1.54, 1.807) is 7.11 Å². The molecule has 2 heterocycles. The molecule has 2 aliphatic rings. The lowest BCUT2D eigenvalue weighted by molar-refractivity contribution is 0.0930. The molecule has 5 rings (SSSR count). The van der Waals surface area contributed by atoms with Crippen LogP contribution in [0.15, 0.2) is 66.7 Å². The molecule has 35 heavy (non-hydrogen) atoms. The van der Waals surface area contributed by atoms with Crippen LogP contribution in [0.1, 0.15) is 27.5 Å². The molecule has 7 nitrogen and oxygen atoms in total. The Morgan fingerprint density at radius 1 is 0.971 bits per heavy atom. The first-order valence-corrected chi connectivity index (χ1v) is 12.0. The van der Waals surface area contributed by atoms with Crippen LogP contribution in [0.4, 0.5) is 5.69 Å². The first kappa shape index (κ1) is 23.1. The Morgan fingerprint density at radius 2 is 1.74 bits per heavy atom. The van der Waals surface area contributed by atoms with Crippen molar-refractivity contribution in [3.05, 3.63) is 83.4 Å². The van der Waals surface area contributed by atoms with Crippen molar-refractivity contribution >= 4 is 11.6 Å². The highest BCUT2D eigenvalue weighted by atomic mass is 16.7. The predicted molar refractivity (Wildman–Crippen MR) is 136 cm³/mol. The summed E-state index contributed by atoms with van der Waals surface area (Å²) in [6.07, 6.45) is 0. The van der Waals surface area contributed by atoms with Gasteiger partial charge in [-0.2, -0.15) is 0 Å². The van der Waals surface area contributed by atoms with E-state index in [4.69, 9.17) is 14.2 Å². The molecule has 1 saturated heterocycles. The fourth-order valence-corrected chi connectivity index (χ4v) is 4.74. The van der Waals surface area contributed by atoms with Crippen molar-refractivity contribution in [2.45, 2.75) is 13.0 Å². The minimum Gasteiger partial charge on any atom is -0.497 e. The van der Waals surface area contributed by atoms with Crippen LogP contribution >= 0.6 is 0 Å². The highest BCUT2D eigenvalue weighted by molar-refractivity contribution is 5.94. The van der Waals surface area contributed by atoms with Crippen LogP contribution in [0, 0.1) is 6.92 Å². The smallest absolute Gasteiger partial charge is 0.251 e. The van der Waals surface area contributed by atoms with Gasteiger partial charge < -0.3 is 24.4 Å². The van der Waals surface area contributed by atoms with Gasteiger partial charge in [-0.15, -0.1) is 0 Å². The van der Waals surface area contributed by atoms with Gasteiger partial charge in [0.2, 0.25) is 6.79 Å². The van der Waals surface area contributed by atoms with Gasteiger partial charge >= 0.3 is 0 Å². The van der Waals surface area contributed by atoms with Crippen LogP contribution in [-0.4, -0.2) is 57.4 Å². The van der Waals surface area contributed by atoms with E-state index in [9.17, 15) is 4.79 Å². The van der Waals surface area contributed by atoms with E-state index >= 15 is 0 Å². The van der Waals surface area contributed by atoms with Crippen LogP contribution < -0.4 is 24.4 Å². The number of carbonyl (C=O) groups excluding carboxylic acids is 1. The second kappa shape index (κ2) is 10.3. The number of rotatable bonds is 7. The number of fused-ring (bicyclic) bond motifs is 1. The number of nitrogens with zero attached hydrogens (tertiary/aromatic N) is 2. The normalized spacial score (nSPS) is 16.1. The van der Waals surface area contributed by atoms with Crippen molar-refractivity contribution in [3.8, 4) is 17.2 Å². The molecule has 0 saturated carbocycles. The summed E-state index contributed by atoms with van der Waals surface area (Å²) in [7, 11) is 1.68. The van der Waals surface area contributed by atoms with Crippen LogP contribution in [0.3, 0.4) is 0 Å². The fourth-order valence-electron chi connectivity index (χ4n) is 4.74. The number of carbonyl (C=O) groups is 1. The minimum atomic E-state index is -0.0590.